The molecule has 0 radical (unpaired) electrons. The van der Waals surface area contributed by atoms with Crippen molar-refractivity contribution in [1.82, 2.24) is 9.97 Å². The Kier molecular flexibility index (Phi) is 2.30. The zero-order chi connectivity index (χ0) is 10.7. The minimum atomic E-state index is 0.508. The van der Waals surface area contributed by atoms with Crippen LogP contribution in [0.1, 0.15) is 5.56 Å². The van der Waals surface area contributed by atoms with Crippen LogP contribution in [0.4, 0.5) is 5.69 Å². The van der Waals surface area contributed by atoms with Gasteiger partial charge in [-0.15, -0.1) is 0 Å². The highest BCUT2D eigenvalue weighted by Crippen LogP contribution is 2.18. The van der Waals surface area contributed by atoms with Crippen LogP contribution in [0, 0.1) is 11.3 Å². The SMILES string of the molecule is N#Cc1ccccc1-c1ncc(N)cn1. The van der Waals surface area contributed by atoms with Crippen LogP contribution in [0.15, 0.2) is 36.7 Å². The lowest BCUT2D eigenvalue weighted by atomic mass is 10.1. The standard InChI is InChI=1S/C11H8N4/c12-5-8-3-1-2-4-10(8)11-14-6-9(13)7-15-11/h1-4,6-7H,13H2. The summed E-state index contributed by atoms with van der Waals surface area (Å²) in [5.74, 6) is 0.515. The Morgan fingerprint density at radius 1 is 1.13 bits per heavy atom. The average molecular weight is 196 g/mol. The van der Waals surface area contributed by atoms with Gasteiger partial charge in [0.2, 0.25) is 0 Å². The van der Waals surface area contributed by atoms with Crippen molar-refractivity contribution in [3.05, 3.63) is 42.2 Å². The third-order valence-electron chi connectivity index (χ3n) is 1.96. The normalized spacial score (nSPS) is 9.53. The second-order valence-corrected chi connectivity index (χ2v) is 3.00. The number of hydrogen-bond acceptors (Lipinski definition) is 4. The van der Waals surface area contributed by atoms with Crippen molar-refractivity contribution < 1.29 is 0 Å². The Morgan fingerprint density at radius 2 is 1.80 bits per heavy atom. The van der Waals surface area contributed by atoms with Crippen LogP contribution in [0.25, 0.3) is 11.4 Å². The summed E-state index contributed by atoms with van der Waals surface area (Å²) >= 11 is 0. The maximum absolute atomic E-state index is 8.90. The van der Waals surface area contributed by atoms with Crippen molar-refractivity contribution in [1.29, 1.82) is 5.26 Å². The van der Waals surface area contributed by atoms with E-state index in [4.69, 9.17) is 11.0 Å². The number of rotatable bonds is 1. The van der Waals surface area contributed by atoms with Crippen LogP contribution in [0.3, 0.4) is 0 Å². The molecule has 4 heteroatoms. The van der Waals surface area contributed by atoms with E-state index in [9.17, 15) is 0 Å². The minimum absolute atomic E-state index is 0.508. The van der Waals surface area contributed by atoms with E-state index in [1.807, 2.05) is 12.1 Å². The molecule has 72 valence electrons. The first kappa shape index (κ1) is 9.16. The molecule has 0 saturated heterocycles. The second-order valence-electron chi connectivity index (χ2n) is 3.00. The number of benzene rings is 1. The molecule has 0 spiro atoms. The van der Waals surface area contributed by atoms with Gasteiger partial charge >= 0.3 is 0 Å². The van der Waals surface area contributed by atoms with E-state index in [2.05, 4.69) is 16.0 Å². The second kappa shape index (κ2) is 3.76. The highest BCUT2D eigenvalue weighted by molar-refractivity contribution is 5.64. The fraction of sp³-hybridized carbons (Fsp3) is 0. The Balaban J connectivity index is 2.55. The van der Waals surface area contributed by atoms with Crippen LogP contribution in [0.2, 0.25) is 0 Å². The maximum Gasteiger partial charge on any atom is 0.160 e. The van der Waals surface area contributed by atoms with Crippen molar-refractivity contribution in [2.75, 3.05) is 5.73 Å². The molecule has 1 aromatic heterocycles. The fourth-order valence-corrected chi connectivity index (χ4v) is 1.25. The van der Waals surface area contributed by atoms with Gasteiger partial charge in [-0.2, -0.15) is 5.26 Å². The number of aromatic nitrogens is 2. The van der Waals surface area contributed by atoms with Crippen molar-refractivity contribution in [2.45, 2.75) is 0 Å². The predicted octanol–water partition coefficient (Wildman–Crippen LogP) is 1.60. The molecule has 0 saturated carbocycles. The van der Waals surface area contributed by atoms with Crippen LogP contribution in [0.5, 0.6) is 0 Å². The minimum Gasteiger partial charge on any atom is -0.396 e. The van der Waals surface area contributed by atoms with Crippen LogP contribution < -0.4 is 5.73 Å². The van der Waals surface area contributed by atoms with Gasteiger partial charge in [-0.25, -0.2) is 9.97 Å². The molecule has 2 aromatic rings. The Labute approximate surface area is 87.0 Å². The molecule has 0 amide bonds. The summed E-state index contributed by atoms with van der Waals surface area (Å²) in [5.41, 5.74) is 7.27. The summed E-state index contributed by atoms with van der Waals surface area (Å²) in [4.78, 5) is 8.14. The lowest BCUT2D eigenvalue weighted by Crippen LogP contribution is -1.93. The number of hydrogen-bond donors (Lipinski definition) is 1. The molecule has 15 heavy (non-hydrogen) atoms. The molecular weight excluding hydrogens is 188 g/mol. The van der Waals surface area contributed by atoms with Gasteiger partial charge in [0.15, 0.2) is 5.82 Å². The summed E-state index contributed by atoms with van der Waals surface area (Å²) in [6.07, 6.45) is 3.05. The van der Waals surface area contributed by atoms with E-state index in [-0.39, 0.29) is 0 Å². The zero-order valence-electron chi connectivity index (χ0n) is 7.88. The number of nitrogen functional groups attached to an aromatic ring is 1. The number of nitrogens with two attached hydrogens (primary N) is 1. The van der Waals surface area contributed by atoms with Gasteiger partial charge in [-0.05, 0) is 12.1 Å². The van der Waals surface area contributed by atoms with Crippen molar-refractivity contribution in [3.63, 3.8) is 0 Å². The molecule has 0 aliphatic carbocycles. The van der Waals surface area contributed by atoms with Crippen molar-refractivity contribution in [2.24, 2.45) is 0 Å². The summed E-state index contributed by atoms with van der Waals surface area (Å²) < 4.78 is 0. The first-order valence-corrected chi connectivity index (χ1v) is 4.38. The van der Waals surface area contributed by atoms with Gasteiger partial charge in [0.25, 0.3) is 0 Å². The van der Waals surface area contributed by atoms with Crippen molar-refractivity contribution in [3.8, 4) is 17.5 Å². The molecular formula is C11H8N4. The topological polar surface area (TPSA) is 75.6 Å². The average Bonchev–Trinajstić information content (AvgIpc) is 2.30. The van der Waals surface area contributed by atoms with Gasteiger partial charge in [0.05, 0.1) is 29.7 Å². The first-order valence-electron chi connectivity index (χ1n) is 4.38. The molecule has 0 atom stereocenters. The van der Waals surface area contributed by atoms with Crippen LogP contribution in [-0.2, 0) is 0 Å². The monoisotopic (exact) mass is 196 g/mol. The molecule has 0 fully saturated rings. The zero-order valence-corrected chi connectivity index (χ0v) is 7.88. The highest BCUT2D eigenvalue weighted by atomic mass is 14.9. The lowest BCUT2D eigenvalue weighted by Gasteiger charge is -2.01. The van der Waals surface area contributed by atoms with Gasteiger partial charge < -0.3 is 5.73 Å². The molecule has 1 aromatic carbocycles. The fourth-order valence-electron chi connectivity index (χ4n) is 1.25. The maximum atomic E-state index is 8.90. The van der Waals surface area contributed by atoms with Gasteiger partial charge in [-0.3, -0.25) is 0 Å². The quantitative estimate of drug-likeness (QED) is 0.751. The summed E-state index contributed by atoms with van der Waals surface area (Å²) in [6.45, 7) is 0. The van der Waals surface area contributed by atoms with E-state index >= 15 is 0 Å². The van der Waals surface area contributed by atoms with Crippen LogP contribution >= 0.6 is 0 Å². The predicted molar refractivity (Wildman–Crippen MR) is 56.6 cm³/mol. The highest BCUT2D eigenvalue weighted by Gasteiger charge is 2.05. The number of nitriles is 1. The van der Waals surface area contributed by atoms with E-state index in [1.165, 1.54) is 12.4 Å². The third kappa shape index (κ3) is 1.76. The molecule has 2 rings (SSSR count). The number of anilines is 1. The molecule has 0 bridgehead atoms. The number of nitrogens with zero attached hydrogens (tertiary/aromatic N) is 3. The first-order chi connectivity index (χ1) is 7.31. The van der Waals surface area contributed by atoms with Gasteiger partial charge in [-0.1, -0.05) is 12.1 Å². The lowest BCUT2D eigenvalue weighted by molar-refractivity contribution is 1.18. The van der Waals surface area contributed by atoms with Crippen LogP contribution in [-0.4, -0.2) is 9.97 Å². The Hall–Kier alpha value is -2.41. The molecule has 0 aliphatic heterocycles. The van der Waals surface area contributed by atoms with Gasteiger partial charge in [0.1, 0.15) is 0 Å². The molecule has 0 unspecified atom stereocenters. The Bertz CT molecular complexity index is 511. The molecule has 4 nitrogen and oxygen atoms in total. The molecule has 1 heterocycles. The van der Waals surface area contributed by atoms with Gasteiger partial charge in [0, 0.05) is 5.56 Å². The summed E-state index contributed by atoms with van der Waals surface area (Å²) in [6, 6.07) is 9.29. The van der Waals surface area contributed by atoms with E-state index in [1.54, 1.807) is 12.1 Å². The third-order valence-corrected chi connectivity index (χ3v) is 1.96. The van der Waals surface area contributed by atoms with Crippen molar-refractivity contribution >= 4 is 5.69 Å². The summed E-state index contributed by atoms with van der Waals surface area (Å²) in [7, 11) is 0. The van der Waals surface area contributed by atoms with E-state index in [0.717, 1.165) is 5.56 Å². The largest absolute Gasteiger partial charge is 0.396 e. The molecule has 2 N–H and O–H groups in total. The molecule has 0 aliphatic rings. The Morgan fingerprint density at radius 3 is 2.47 bits per heavy atom. The van der Waals surface area contributed by atoms with E-state index in [0.29, 0.717) is 17.1 Å². The summed E-state index contributed by atoms with van der Waals surface area (Å²) in [5, 5.41) is 8.90. The smallest absolute Gasteiger partial charge is 0.160 e. The van der Waals surface area contributed by atoms with E-state index < -0.39 is 0 Å².